The number of hydrogen-bond donors (Lipinski definition) is 1. The number of nitrogens with one attached hydrogen (secondary N) is 1. The van der Waals surface area contributed by atoms with Gasteiger partial charge < -0.3 is 19.9 Å². The summed E-state index contributed by atoms with van der Waals surface area (Å²) in [5, 5.41) is 3.90. The van der Waals surface area contributed by atoms with E-state index in [1.54, 1.807) is 59.1 Å². The number of halogens is 2. The number of ether oxygens (including phenoxy) is 1. The molecule has 2 heterocycles. The van der Waals surface area contributed by atoms with Crippen molar-refractivity contribution in [2.24, 2.45) is 4.99 Å². The summed E-state index contributed by atoms with van der Waals surface area (Å²) in [6.07, 6.45) is 0.144. The molecule has 1 saturated heterocycles. The highest BCUT2D eigenvalue weighted by Crippen LogP contribution is 2.46. The van der Waals surface area contributed by atoms with Gasteiger partial charge in [0.1, 0.15) is 22.5 Å². The van der Waals surface area contributed by atoms with E-state index < -0.39 is 22.1 Å². The summed E-state index contributed by atoms with van der Waals surface area (Å²) in [4.78, 5) is 37.2. The number of carbonyl (C=O) groups excluding carboxylic acids is 2. The zero-order valence-corrected chi connectivity index (χ0v) is 29.2. The fourth-order valence-electron chi connectivity index (χ4n) is 5.72. The van der Waals surface area contributed by atoms with Crippen LogP contribution in [0.1, 0.15) is 42.1 Å². The number of aliphatic imine (C=N–C) groups is 1. The zero-order chi connectivity index (χ0) is 34.0. The Morgan fingerprint density at radius 3 is 2.17 bits per heavy atom. The van der Waals surface area contributed by atoms with Crippen molar-refractivity contribution in [2.45, 2.75) is 30.3 Å². The van der Waals surface area contributed by atoms with Crippen LogP contribution in [0.3, 0.4) is 0 Å². The van der Waals surface area contributed by atoms with Crippen LogP contribution in [-0.4, -0.2) is 94.7 Å². The number of hydrogen-bond acceptors (Lipinski definition) is 7. The summed E-state index contributed by atoms with van der Waals surface area (Å²) < 4.78 is 34.7. The Balaban J connectivity index is 1.80. The second kappa shape index (κ2) is 14.1. The van der Waals surface area contributed by atoms with E-state index in [1.807, 2.05) is 31.2 Å². The molecule has 11 nitrogen and oxygen atoms in total. The van der Waals surface area contributed by atoms with Gasteiger partial charge in [-0.05, 0) is 48.4 Å². The van der Waals surface area contributed by atoms with Crippen molar-refractivity contribution in [1.82, 2.24) is 19.4 Å². The minimum absolute atomic E-state index is 0.0311. The molecule has 0 aliphatic carbocycles. The molecule has 0 radical (unpaired) electrons. The number of urea groups is 1. The fourth-order valence-corrected chi connectivity index (χ4v) is 7.13. The highest BCUT2D eigenvalue weighted by Gasteiger charge is 2.45. The van der Waals surface area contributed by atoms with Crippen LogP contribution in [0.15, 0.2) is 70.6 Å². The number of rotatable bonds is 8. The molecule has 3 amide bonds. The predicted octanol–water partition coefficient (Wildman–Crippen LogP) is 5.20. The van der Waals surface area contributed by atoms with E-state index >= 15 is 0 Å². The predicted molar refractivity (Wildman–Crippen MR) is 184 cm³/mol. The van der Waals surface area contributed by atoms with E-state index in [0.29, 0.717) is 33.6 Å². The van der Waals surface area contributed by atoms with Gasteiger partial charge in [-0.2, -0.15) is 0 Å². The summed E-state index contributed by atoms with van der Waals surface area (Å²) in [5.74, 6) is 0.465. The Hall–Kier alpha value is -3.84. The SMILES string of the molecule is CCOc1cc(N(C)C)c(S(=O)(=O)N(C)C)cc1C1=NC(c2ccc(Cl)cc2)C(c2ccc(Cl)cc2)N1C(=O)N1CCNC(=O)CC1. The summed E-state index contributed by atoms with van der Waals surface area (Å²) in [6.45, 7) is 2.89. The van der Waals surface area contributed by atoms with Gasteiger partial charge in [0.25, 0.3) is 0 Å². The van der Waals surface area contributed by atoms with E-state index in [2.05, 4.69) is 5.32 Å². The minimum Gasteiger partial charge on any atom is -0.493 e. The third-order valence-electron chi connectivity index (χ3n) is 8.12. The molecule has 2 aliphatic rings. The lowest BCUT2D eigenvalue weighted by Gasteiger charge is -2.34. The molecular weight excluding hydrogens is 663 g/mol. The molecule has 47 heavy (non-hydrogen) atoms. The van der Waals surface area contributed by atoms with Crippen molar-refractivity contribution < 1.29 is 22.7 Å². The van der Waals surface area contributed by atoms with Crippen LogP contribution in [0, 0.1) is 0 Å². The Morgan fingerprint density at radius 1 is 0.979 bits per heavy atom. The van der Waals surface area contributed by atoms with Crippen LogP contribution in [0.2, 0.25) is 10.0 Å². The number of benzene rings is 3. The van der Waals surface area contributed by atoms with Crippen molar-refractivity contribution in [3.05, 3.63) is 87.4 Å². The largest absolute Gasteiger partial charge is 0.493 e. The number of amidine groups is 1. The van der Waals surface area contributed by atoms with Crippen LogP contribution in [0.5, 0.6) is 5.75 Å². The average Bonchev–Trinajstić information content (AvgIpc) is 3.29. The van der Waals surface area contributed by atoms with Crippen molar-refractivity contribution in [3.8, 4) is 5.75 Å². The highest BCUT2D eigenvalue weighted by molar-refractivity contribution is 7.89. The van der Waals surface area contributed by atoms with Gasteiger partial charge in [0.15, 0.2) is 0 Å². The number of sulfonamides is 1. The van der Waals surface area contributed by atoms with Gasteiger partial charge in [-0.25, -0.2) is 17.5 Å². The average molecular weight is 702 g/mol. The van der Waals surface area contributed by atoms with Crippen molar-refractivity contribution in [1.29, 1.82) is 0 Å². The van der Waals surface area contributed by atoms with Crippen LogP contribution < -0.4 is 15.0 Å². The monoisotopic (exact) mass is 700 g/mol. The topological polar surface area (TPSA) is 115 Å². The normalized spacial score (nSPS) is 18.6. The number of nitrogens with zero attached hydrogens (tertiary/aromatic N) is 5. The molecule has 2 unspecified atom stereocenters. The Morgan fingerprint density at radius 2 is 1.60 bits per heavy atom. The van der Waals surface area contributed by atoms with Crippen molar-refractivity contribution >= 4 is 56.7 Å². The summed E-state index contributed by atoms with van der Waals surface area (Å²) in [7, 11) is 2.49. The number of amides is 3. The molecular formula is C33H38Cl2N6O5S. The Kier molecular flexibility index (Phi) is 10.4. The van der Waals surface area contributed by atoms with Gasteiger partial charge in [0.2, 0.25) is 15.9 Å². The van der Waals surface area contributed by atoms with Crippen LogP contribution in [0.4, 0.5) is 10.5 Å². The lowest BCUT2D eigenvalue weighted by atomic mass is 9.93. The summed E-state index contributed by atoms with van der Waals surface area (Å²) in [5.41, 5.74) is 2.31. The summed E-state index contributed by atoms with van der Waals surface area (Å²) in [6, 6.07) is 16.0. The molecule has 2 atom stereocenters. The molecule has 0 spiro atoms. The molecule has 1 fully saturated rings. The second-order valence-corrected chi connectivity index (χ2v) is 14.6. The standard InChI is InChI=1S/C33H38Cl2N6O5S/c1-6-46-27-20-26(38(2)3)28(47(44,45)39(4)5)19-25(27)32-37-30(21-7-11-23(34)12-8-21)31(22-9-13-24(35)14-10-22)41(32)33(43)40-17-15-29(42)36-16-18-40/h7-14,19-20,30-31H,6,15-18H2,1-5H3,(H,36,42). The number of anilines is 1. The van der Waals surface area contributed by atoms with Gasteiger partial charge in [0, 0.05) is 70.4 Å². The maximum atomic E-state index is 14.8. The highest BCUT2D eigenvalue weighted by atomic mass is 35.5. The van der Waals surface area contributed by atoms with E-state index in [1.165, 1.54) is 20.2 Å². The third kappa shape index (κ3) is 7.06. The molecule has 250 valence electrons. The maximum absolute atomic E-state index is 14.8. The molecule has 2 aliphatic heterocycles. The van der Waals surface area contributed by atoms with Crippen molar-refractivity contribution in [2.75, 3.05) is 59.3 Å². The molecule has 0 bridgehead atoms. The molecule has 5 rings (SSSR count). The van der Waals surface area contributed by atoms with Gasteiger partial charge in [-0.1, -0.05) is 47.5 Å². The second-order valence-electron chi connectivity index (χ2n) is 11.6. The van der Waals surface area contributed by atoms with Gasteiger partial charge in [0.05, 0.1) is 23.9 Å². The third-order valence-corrected chi connectivity index (χ3v) is 10.5. The van der Waals surface area contributed by atoms with Crippen molar-refractivity contribution in [3.63, 3.8) is 0 Å². The first kappa shape index (κ1) is 34.5. The van der Waals surface area contributed by atoms with E-state index in [9.17, 15) is 18.0 Å². The van der Waals surface area contributed by atoms with Crippen LogP contribution >= 0.6 is 23.2 Å². The lowest BCUT2D eigenvalue weighted by Crippen LogP contribution is -2.47. The number of carbonyl (C=O) groups is 2. The van der Waals surface area contributed by atoms with E-state index in [4.69, 9.17) is 32.9 Å². The molecule has 3 aromatic rings. The van der Waals surface area contributed by atoms with Crippen LogP contribution in [-0.2, 0) is 14.8 Å². The smallest absolute Gasteiger partial charge is 0.326 e. The molecule has 3 aromatic carbocycles. The Labute approximate surface area is 285 Å². The fraction of sp³-hybridized carbons (Fsp3) is 0.364. The summed E-state index contributed by atoms with van der Waals surface area (Å²) >= 11 is 12.6. The zero-order valence-electron chi connectivity index (χ0n) is 26.9. The minimum atomic E-state index is -3.95. The maximum Gasteiger partial charge on any atom is 0.326 e. The van der Waals surface area contributed by atoms with E-state index in [-0.39, 0.29) is 48.8 Å². The van der Waals surface area contributed by atoms with Crippen LogP contribution in [0.25, 0.3) is 0 Å². The quantitative estimate of drug-likeness (QED) is 0.346. The Bertz CT molecular complexity index is 1780. The first-order valence-electron chi connectivity index (χ1n) is 15.2. The molecule has 1 N–H and O–H groups in total. The molecule has 0 saturated carbocycles. The molecule has 0 aromatic heterocycles. The first-order valence-corrected chi connectivity index (χ1v) is 17.4. The van der Waals surface area contributed by atoms with Gasteiger partial charge >= 0.3 is 6.03 Å². The lowest BCUT2D eigenvalue weighted by molar-refractivity contribution is -0.120. The first-order chi connectivity index (χ1) is 22.3. The van der Waals surface area contributed by atoms with E-state index in [0.717, 1.165) is 15.4 Å². The molecule has 14 heteroatoms. The van der Waals surface area contributed by atoms with Gasteiger partial charge in [-0.3, -0.25) is 14.7 Å². The van der Waals surface area contributed by atoms with Gasteiger partial charge in [-0.15, -0.1) is 0 Å².